The zero-order chi connectivity index (χ0) is 29.9. The zero-order valence-corrected chi connectivity index (χ0v) is 23.0. The number of hydrogen-bond donors (Lipinski definition) is 2. The van der Waals surface area contributed by atoms with E-state index >= 15 is 0 Å². The van der Waals surface area contributed by atoms with E-state index in [0.29, 0.717) is 17.0 Å². The number of carbonyl (C=O) groups excluding carboxylic acids is 2. The molecular weight excluding hydrogens is 585 g/mol. The van der Waals surface area contributed by atoms with Crippen LogP contribution in [0.5, 0.6) is 0 Å². The van der Waals surface area contributed by atoms with Crippen LogP contribution in [0.2, 0.25) is 0 Å². The maximum atomic E-state index is 13.1. The van der Waals surface area contributed by atoms with E-state index in [4.69, 9.17) is 5.73 Å². The predicted molar refractivity (Wildman–Crippen MR) is 156 cm³/mol. The summed E-state index contributed by atoms with van der Waals surface area (Å²) in [5.74, 6) is -1.48. The van der Waals surface area contributed by atoms with E-state index in [9.17, 15) is 27.6 Å². The van der Waals surface area contributed by atoms with Gasteiger partial charge in [0.05, 0.1) is 22.6 Å². The molecule has 1 atom stereocenters. The molecule has 2 amide bonds. The Labute approximate surface area is 249 Å². The normalized spacial score (nSPS) is 11.8. The second kappa shape index (κ2) is 12.7. The number of hydrogen-bond acceptors (Lipinski definition) is 5. The lowest BCUT2D eigenvalue weighted by atomic mass is 10.1. The monoisotopic (exact) mass is 608 g/mol. The second-order valence-corrected chi connectivity index (χ2v) is 9.28. The molecule has 0 saturated heterocycles. The molecule has 9 nitrogen and oxygen atoms in total. The highest BCUT2D eigenvalue weighted by atomic mass is 35.5. The van der Waals surface area contributed by atoms with Gasteiger partial charge in [-0.2, -0.15) is 18.3 Å². The minimum absolute atomic E-state index is 0. The Balaban J connectivity index is 0.00000423. The van der Waals surface area contributed by atoms with Crippen LogP contribution in [0.3, 0.4) is 0 Å². The third kappa shape index (κ3) is 6.81. The van der Waals surface area contributed by atoms with Gasteiger partial charge in [-0.1, -0.05) is 48.5 Å². The number of rotatable bonds is 8. The van der Waals surface area contributed by atoms with Gasteiger partial charge in [-0.15, -0.1) is 12.4 Å². The van der Waals surface area contributed by atoms with Crippen LogP contribution >= 0.6 is 12.4 Å². The van der Waals surface area contributed by atoms with E-state index in [-0.39, 0.29) is 23.8 Å². The number of benzene rings is 2. The van der Waals surface area contributed by atoms with Crippen molar-refractivity contribution in [3.8, 4) is 22.6 Å². The van der Waals surface area contributed by atoms with Gasteiger partial charge in [0.15, 0.2) is 6.04 Å². The third-order valence-corrected chi connectivity index (χ3v) is 6.41. The summed E-state index contributed by atoms with van der Waals surface area (Å²) in [5.41, 5.74) is 6.43. The van der Waals surface area contributed by atoms with Crippen molar-refractivity contribution in [2.24, 2.45) is 5.73 Å². The smallest absolute Gasteiger partial charge is 0.368 e. The SMILES string of the molecule is Cl.NC(=O)C(c1cccnc1)n1nc(-c2ccccc2)cc1-c1cccc(=O)n1CC(=O)Nc1cccc(C(F)(F)F)c1. The van der Waals surface area contributed by atoms with Gasteiger partial charge in [0.1, 0.15) is 6.54 Å². The molecule has 0 aliphatic heterocycles. The van der Waals surface area contributed by atoms with E-state index in [0.717, 1.165) is 22.3 Å². The molecule has 0 fully saturated rings. The van der Waals surface area contributed by atoms with Crippen molar-refractivity contribution >= 4 is 29.9 Å². The standard InChI is InChI=1S/C30H23F3N6O3.ClH/c31-30(32,33)21-10-4-11-22(15-21)36-26(40)18-38-24(12-5-13-27(38)41)25-16-23(19-7-2-1-3-8-19)37-39(25)28(29(34)42)20-9-6-14-35-17-20;/h1-17,28H,18H2,(H2,34,42)(H,36,40);1H. The minimum atomic E-state index is -4.59. The molecule has 1 unspecified atom stereocenters. The molecule has 43 heavy (non-hydrogen) atoms. The summed E-state index contributed by atoms with van der Waals surface area (Å²) in [7, 11) is 0. The molecule has 5 aromatic rings. The van der Waals surface area contributed by atoms with Crippen molar-refractivity contribution in [3.63, 3.8) is 0 Å². The van der Waals surface area contributed by atoms with Crippen molar-refractivity contribution in [1.82, 2.24) is 19.3 Å². The van der Waals surface area contributed by atoms with Crippen molar-refractivity contribution < 1.29 is 22.8 Å². The Hall–Kier alpha value is -5.23. The first kappa shape index (κ1) is 30.7. The van der Waals surface area contributed by atoms with Crippen molar-refractivity contribution in [1.29, 1.82) is 0 Å². The number of halogens is 4. The van der Waals surface area contributed by atoms with Gasteiger partial charge in [-0.3, -0.25) is 23.9 Å². The number of nitrogens with one attached hydrogen (secondary N) is 1. The largest absolute Gasteiger partial charge is 0.416 e. The molecule has 0 aliphatic rings. The average Bonchev–Trinajstić information content (AvgIpc) is 3.39. The Morgan fingerprint density at radius 3 is 2.33 bits per heavy atom. The minimum Gasteiger partial charge on any atom is -0.368 e. The second-order valence-electron chi connectivity index (χ2n) is 9.28. The molecular formula is C30H24ClF3N6O3. The summed E-state index contributed by atoms with van der Waals surface area (Å²) in [6.07, 6.45) is -1.58. The molecule has 0 saturated carbocycles. The highest BCUT2D eigenvalue weighted by molar-refractivity contribution is 5.91. The molecule has 13 heteroatoms. The van der Waals surface area contributed by atoms with Gasteiger partial charge < -0.3 is 11.1 Å². The highest BCUT2D eigenvalue weighted by Gasteiger charge is 2.31. The summed E-state index contributed by atoms with van der Waals surface area (Å²) in [6, 6.07) is 21.4. The van der Waals surface area contributed by atoms with Gasteiger partial charge in [0.25, 0.3) is 5.56 Å². The molecule has 5 rings (SSSR count). The fourth-order valence-corrected chi connectivity index (χ4v) is 4.52. The van der Waals surface area contributed by atoms with Crippen LogP contribution < -0.4 is 16.6 Å². The molecule has 0 bridgehead atoms. The van der Waals surface area contributed by atoms with E-state index in [2.05, 4.69) is 15.4 Å². The number of nitrogens with zero attached hydrogens (tertiary/aromatic N) is 4. The van der Waals surface area contributed by atoms with E-state index < -0.39 is 41.7 Å². The average molecular weight is 609 g/mol. The molecule has 0 radical (unpaired) electrons. The lowest BCUT2D eigenvalue weighted by Gasteiger charge is -2.19. The van der Waals surface area contributed by atoms with Crippen LogP contribution in [0.4, 0.5) is 18.9 Å². The maximum Gasteiger partial charge on any atom is 0.416 e. The molecule has 0 spiro atoms. The van der Waals surface area contributed by atoms with Crippen molar-refractivity contribution in [3.05, 3.63) is 125 Å². The number of alkyl halides is 3. The number of primary amides is 1. The Bertz CT molecular complexity index is 1810. The van der Waals surface area contributed by atoms with E-state index in [1.165, 1.54) is 35.1 Å². The van der Waals surface area contributed by atoms with Gasteiger partial charge >= 0.3 is 6.18 Å². The summed E-state index contributed by atoms with van der Waals surface area (Å²) < 4.78 is 42.0. The summed E-state index contributed by atoms with van der Waals surface area (Å²) >= 11 is 0. The number of pyridine rings is 2. The highest BCUT2D eigenvalue weighted by Crippen LogP contribution is 2.32. The Morgan fingerprint density at radius 1 is 0.907 bits per heavy atom. The Morgan fingerprint density at radius 2 is 1.65 bits per heavy atom. The van der Waals surface area contributed by atoms with Crippen LogP contribution in [0.25, 0.3) is 22.6 Å². The number of carbonyl (C=O) groups is 2. The van der Waals surface area contributed by atoms with Crippen molar-refractivity contribution in [2.45, 2.75) is 18.8 Å². The molecule has 220 valence electrons. The number of amides is 2. The molecule has 3 aromatic heterocycles. The fraction of sp³-hybridized carbons (Fsp3) is 0.100. The maximum absolute atomic E-state index is 13.1. The van der Waals surface area contributed by atoms with Gasteiger partial charge in [0.2, 0.25) is 11.8 Å². The van der Waals surface area contributed by atoms with Crippen LogP contribution in [-0.2, 0) is 22.3 Å². The first-order chi connectivity index (χ1) is 20.1. The number of nitrogens with two attached hydrogens (primary N) is 1. The predicted octanol–water partition coefficient (Wildman–Crippen LogP) is 4.93. The summed E-state index contributed by atoms with van der Waals surface area (Å²) in [4.78, 5) is 42.9. The topological polar surface area (TPSA) is 125 Å². The lowest BCUT2D eigenvalue weighted by Crippen LogP contribution is -2.31. The van der Waals surface area contributed by atoms with Gasteiger partial charge in [0, 0.05) is 35.3 Å². The van der Waals surface area contributed by atoms with Crippen LogP contribution in [0, 0.1) is 0 Å². The summed E-state index contributed by atoms with van der Waals surface area (Å²) in [5, 5.41) is 7.09. The lowest BCUT2D eigenvalue weighted by molar-refractivity contribution is -0.137. The van der Waals surface area contributed by atoms with Crippen LogP contribution in [-0.4, -0.2) is 31.1 Å². The van der Waals surface area contributed by atoms with Crippen molar-refractivity contribution in [2.75, 3.05) is 5.32 Å². The Kier molecular flexibility index (Phi) is 9.10. The van der Waals surface area contributed by atoms with E-state index in [1.54, 1.807) is 30.5 Å². The van der Waals surface area contributed by atoms with E-state index in [1.807, 2.05) is 30.3 Å². The molecule has 3 N–H and O–H groups in total. The van der Waals surface area contributed by atoms with Gasteiger partial charge in [-0.05, 0) is 36.4 Å². The van der Waals surface area contributed by atoms with Crippen LogP contribution in [0.15, 0.2) is 108 Å². The molecule has 0 aliphatic carbocycles. The first-order valence-electron chi connectivity index (χ1n) is 12.6. The quantitative estimate of drug-likeness (QED) is 0.259. The number of aromatic nitrogens is 4. The third-order valence-electron chi connectivity index (χ3n) is 6.41. The fourth-order valence-electron chi connectivity index (χ4n) is 4.52. The zero-order valence-electron chi connectivity index (χ0n) is 22.2. The number of anilines is 1. The summed E-state index contributed by atoms with van der Waals surface area (Å²) in [6.45, 7) is -0.536. The van der Waals surface area contributed by atoms with Crippen LogP contribution in [0.1, 0.15) is 17.2 Å². The first-order valence-corrected chi connectivity index (χ1v) is 12.6. The molecule has 3 heterocycles. The van der Waals surface area contributed by atoms with Gasteiger partial charge in [-0.25, -0.2) is 4.68 Å². The molecule has 2 aromatic carbocycles.